The van der Waals surface area contributed by atoms with Crippen molar-refractivity contribution >= 4 is 17.8 Å². The Labute approximate surface area is 241 Å². The summed E-state index contributed by atoms with van der Waals surface area (Å²) in [6.45, 7) is -0.118. The molecular formula is C33H38N2O6. The number of esters is 2. The summed E-state index contributed by atoms with van der Waals surface area (Å²) in [5, 5.41) is 16.4. The normalized spacial score (nSPS) is 15.4. The molecule has 0 saturated heterocycles. The first-order valence-corrected chi connectivity index (χ1v) is 14.1. The molecule has 1 aliphatic rings. The molecule has 0 radical (unpaired) electrons. The Kier molecular flexibility index (Phi) is 11.0. The van der Waals surface area contributed by atoms with Gasteiger partial charge in [0, 0.05) is 0 Å². The van der Waals surface area contributed by atoms with Crippen molar-refractivity contribution in [2.24, 2.45) is 0 Å². The molecule has 1 saturated carbocycles. The molecule has 8 heteroatoms. The maximum atomic E-state index is 13.5. The van der Waals surface area contributed by atoms with E-state index in [1.807, 2.05) is 91.0 Å². The van der Waals surface area contributed by atoms with Crippen LogP contribution in [0.5, 0.6) is 0 Å². The van der Waals surface area contributed by atoms with Gasteiger partial charge >= 0.3 is 11.9 Å². The molecule has 0 heterocycles. The van der Waals surface area contributed by atoms with Gasteiger partial charge in [-0.05, 0) is 42.4 Å². The minimum absolute atomic E-state index is 0.0321. The first-order chi connectivity index (χ1) is 19.9. The summed E-state index contributed by atoms with van der Waals surface area (Å²) in [5.74, 6) is -1.59. The van der Waals surface area contributed by atoms with E-state index < -0.39 is 29.6 Å². The van der Waals surface area contributed by atoms with Crippen molar-refractivity contribution in [3.05, 3.63) is 108 Å². The minimum atomic E-state index is -1.51. The van der Waals surface area contributed by atoms with Crippen molar-refractivity contribution < 1.29 is 29.0 Å². The summed E-state index contributed by atoms with van der Waals surface area (Å²) < 4.78 is 10.9. The maximum absolute atomic E-state index is 13.5. The highest BCUT2D eigenvalue weighted by Crippen LogP contribution is 2.31. The van der Waals surface area contributed by atoms with Crippen LogP contribution in [0.3, 0.4) is 0 Å². The molecule has 0 spiro atoms. The molecule has 216 valence electrons. The molecule has 3 aromatic carbocycles. The average Bonchev–Trinajstić information content (AvgIpc) is 3.50. The van der Waals surface area contributed by atoms with E-state index in [2.05, 4.69) is 10.6 Å². The van der Waals surface area contributed by atoms with E-state index in [4.69, 9.17) is 9.47 Å². The average molecular weight is 559 g/mol. The fourth-order valence-electron chi connectivity index (χ4n) is 5.05. The Balaban J connectivity index is 1.38. The predicted octanol–water partition coefficient (Wildman–Crippen LogP) is 3.85. The topological polar surface area (TPSA) is 114 Å². The highest BCUT2D eigenvalue weighted by molar-refractivity contribution is 5.88. The van der Waals surface area contributed by atoms with Crippen LogP contribution in [0.4, 0.5) is 0 Å². The van der Waals surface area contributed by atoms with Crippen LogP contribution >= 0.6 is 0 Å². The van der Waals surface area contributed by atoms with Crippen molar-refractivity contribution in [3.63, 3.8) is 0 Å². The van der Waals surface area contributed by atoms with E-state index >= 15 is 0 Å². The lowest BCUT2D eigenvalue weighted by atomic mass is 9.93. The van der Waals surface area contributed by atoms with Crippen LogP contribution in [-0.4, -0.2) is 47.2 Å². The van der Waals surface area contributed by atoms with Gasteiger partial charge in [-0.1, -0.05) is 104 Å². The van der Waals surface area contributed by atoms with E-state index in [1.54, 1.807) is 0 Å². The second-order valence-electron chi connectivity index (χ2n) is 10.4. The Hall–Kier alpha value is -4.01. The fraction of sp³-hybridized carbons (Fsp3) is 0.364. The predicted molar refractivity (Wildman–Crippen MR) is 154 cm³/mol. The number of benzene rings is 3. The molecule has 0 aliphatic heterocycles. The molecule has 3 N–H and O–H groups in total. The van der Waals surface area contributed by atoms with Crippen molar-refractivity contribution in [2.45, 2.75) is 69.4 Å². The monoisotopic (exact) mass is 558 g/mol. The summed E-state index contributed by atoms with van der Waals surface area (Å²) in [6.07, 6.45) is 2.25. The number of amides is 1. The van der Waals surface area contributed by atoms with Crippen molar-refractivity contribution in [1.29, 1.82) is 0 Å². The van der Waals surface area contributed by atoms with Gasteiger partial charge in [0.1, 0.15) is 19.3 Å². The van der Waals surface area contributed by atoms with E-state index in [1.165, 1.54) is 0 Å². The van der Waals surface area contributed by atoms with E-state index in [9.17, 15) is 19.5 Å². The van der Waals surface area contributed by atoms with Gasteiger partial charge in [-0.15, -0.1) is 0 Å². The van der Waals surface area contributed by atoms with Crippen LogP contribution in [0.25, 0.3) is 0 Å². The summed E-state index contributed by atoms with van der Waals surface area (Å²) in [4.78, 5) is 39.1. The van der Waals surface area contributed by atoms with Gasteiger partial charge in [-0.2, -0.15) is 0 Å². The van der Waals surface area contributed by atoms with Crippen LogP contribution in [0, 0.1) is 0 Å². The highest BCUT2D eigenvalue weighted by Gasteiger charge is 2.44. The van der Waals surface area contributed by atoms with Gasteiger partial charge < -0.3 is 19.9 Å². The number of carbonyl (C=O) groups is 3. The molecule has 0 aromatic heterocycles. The van der Waals surface area contributed by atoms with Crippen LogP contribution in [0.1, 0.15) is 48.8 Å². The number of nitrogens with one attached hydrogen (secondary N) is 2. The van der Waals surface area contributed by atoms with Crippen LogP contribution in [0.2, 0.25) is 0 Å². The zero-order valence-electron chi connectivity index (χ0n) is 23.2. The van der Waals surface area contributed by atoms with Gasteiger partial charge in [-0.3, -0.25) is 14.9 Å². The van der Waals surface area contributed by atoms with Crippen molar-refractivity contribution in [1.82, 2.24) is 10.6 Å². The number of hydrogen-bond acceptors (Lipinski definition) is 7. The smallest absolute Gasteiger partial charge is 0.337 e. The Morgan fingerprint density at radius 3 is 1.76 bits per heavy atom. The summed E-state index contributed by atoms with van der Waals surface area (Å²) in [7, 11) is 0. The summed E-state index contributed by atoms with van der Waals surface area (Å²) in [6, 6.07) is 27.7. The first-order valence-electron chi connectivity index (χ1n) is 14.1. The van der Waals surface area contributed by atoms with Gasteiger partial charge in [-0.25, -0.2) is 4.79 Å². The molecule has 1 fully saturated rings. The molecule has 1 aliphatic carbocycles. The standard InChI is InChI=1S/C33H38N2O6/c36-29(31(38)41-24-27-16-8-3-9-17-27)22-34-32(39)33(20-10-11-21-33)35-28(19-18-25-12-4-1-5-13-25)30(37)40-23-26-14-6-2-7-15-26/h1-9,12-17,28-29,35-36H,10-11,18-24H2,(H,34,39)/t28-,29-/m0/s1. The largest absolute Gasteiger partial charge is 0.460 e. The van der Waals surface area contributed by atoms with Gasteiger partial charge in [0.25, 0.3) is 0 Å². The van der Waals surface area contributed by atoms with Gasteiger partial charge in [0.15, 0.2) is 6.10 Å². The number of ether oxygens (including phenoxy) is 2. The lowest BCUT2D eigenvalue weighted by molar-refractivity contribution is -0.154. The molecule has 0 bridgehead atoms. The van der Waals surface area contributed by atoms with E-state index in [0.29, 0.717) is 25.7 Å². The quantitative estimate of drug-likeness (QED) is 0.258. The molecule has 3 aromatic rings. The minimum Gasteiger partial charge on any atom is -0.460 e. The molecule has 1 amide bonds. The third-order valence-electron chi connectivity index (χ3n) is 7.37. The third kappa shape index (κ3) is 8.99. The molecule has 0 unspecified atom stereocenters. The lowest BCUT2D eigenvalue weighted by Gasteiger charge is -2.33. The third-order valence-corrected chi connectivity index (χ3v) is 7.37. The molecular weight excluding hydrogens is 520 g/mol. The number of rotatable bonds is 14. The van der Waals surface area contributed by atoms with Crippen LogP contribution in [0.15, 0.2) is 91.0 Å². The number of aliphatic hydroxyl groups is 1. The Morgan fingerprint density at radius 2 is 1.22 bits per heavy atom. The molecule has 8 nitrogen and oxygen atoms in total. The number of hydrogen-bond donors (Lipinski definition) is 3. The van der Waals surface area contributed by atoms with Crippen molar-refractivity contribution in [2.75, 3.05) is 6.54 Å². The zero-order chi connectivity index (χ0) is 28.9. The second kappa shape index (κ2) is 15.1. The van der Waals surface area contributed by atoms with E-state index in [0.717, 1.165) is 29.5 Å². The maximum Gasteiger partial charge on any atom is 0.337 e. The van der Waals surface area contributed by atoms with Crippen LogP contribution < -0.4 is 10.6 Å². The summed E-state index contributed by atoms with van der Waals surface area (Å²) >= 11 is 0. The SMILES string of the molecule is O=C(OCc1ccccc1)[C@H](CCc1ccccc1)NC1(C(=O)NC[C@H](O)C(=O)OCc2ccccc2)CCCC1. The Morgan fingerprint density at radius 1 is 0.732 bits per heavy atom. The van der Waals surface area contributed by atoms with Gasteiger partial charge in [0.2, 0.25) is 5.91 Å². The number of aliphatic hydroxyl groups excluding tert-OH is 1. The molecule has 4 rings (SSSR count). The number of aryl methyl sites for hydroxylation is 1. The first kappa shape index (κ1) is 30.0. The highest BCUT2D eigenvalue weighted by atomic mass is 16.5. The lowest BCUT2D eigenvalue weighted by Crippen LogP contribution is -2.61. The fourth-order valence-corrected chi connectivity index (χ4v) is 5.05. The number of carbonyl (C=O) groups excluding carboxylic acids is 3. The Bertz CT molecular complexity index is 1250. The molecule has 41 heavy (non-hydrogen) atoms. The zero-order valence-corrected chi connectivity index (χ0v) is 23.2. The van der Waals surface area contributed by atoms with E-state index in [-0.39, 0.29) is 25.7 Å². The van der Waals surface area contributed by atoms with Crippen molar-refractivity contribution in [3.8, 4) is 0 Å². The molecule has 2 atom stereocenters. The summed E-state index contributed by atoms with van der Waals surface area (Å²) in [5.41, 5.74) is 1.74. The van der Waals surface area contributed by atoms with Gasteiger partial charge in [0.05, 0.1) is 12.1 Å². The van der Waals surface area contributed by atoms with Crippen LogP contribution in [-0.2, 0) is 43.5 Å². The second-order valence-corrected chi connectivity index (χ2v) is 10.4.